The van der Waals surface area contributed by atoms with Gasteiger partial charge in [0.2, 0.25) is 0 Å². The number of nitrogens with one attached hydrogen (secondary N) is 2. The van der Waals surface area contributed by atoms with Crippen molar-refractivity contribution in [2.24, 2.45) is 0 Å². The molecule has 1 aromatic heterocycles. The van der Waals surface area contributed by atoms with Gasteiger partial charge in [-0.2, -0.15) is 0 Å². The Hall–Kier alpha value is -2.93. The molecular weight excluding hydrogens is 340 g/mol. The Bertz CT molecular complexity index is 754. The molecule has 0 aliphatic heterocycles. The summed E-state index contributed by atoms with van der Waals surface area (Å²) in [4.78, 5) is 36.3. The minimum Gasteiger partial charge on any atom is -0.449 e. The molecule has 1 aromatic carbocycles. The topological polar surface area (TPSA) is 84.5 Å². The number of ether oxygens (including phenoxy) is 1. The van der Waals surface area contributed by atoms with Crippen molar-refractivity contribution in [2.75, 3.05) is 11.9 Å². The van der Waals surface area contributed by atoms with Gasteiger partial charge in [0.05, 0.1) is 10.4 Å². The fraction of sp³-hybridized carbons (Fsp3) is 0.167. The van der Waals surface area contributed by atoms with E-state index in [0.29, 0.717) is 17.1 Å². The smallest absolute Gasteiger partial charge is 0.338 e. The van der Waals surface area contributed by atoms with Gasteiger partial charge in [-0.05, 0) is 42.6 Å². The van der Waals surface area contributed by atoms with E-state index in [1.54, 1.807) is 24.3 Å². The number of anilines is 1. The molecule has 0 unspecified atom stereocenters. The normalized spacial score (nSPS) is 11.2. The van der Waals surface area contributed by atoms with Crippen LogP contribution in [0.1, 0.15) is 27.0 Å². The number of amides is 2. The van der Waals surface area contributed by atoms with Crippen LogP contribution >= 0.6 is 11.3 Å². The van der Waals surface area contributed by atoms with Crippen LogP contribution in [-0.4, -0.2) is 30.4 Å². The molecule has 7 heteroatoms. The molecule has 25 heavy (non-hydrogen) atoms. The average Bonchev–Trinajstić information content (AvgIpc) is 3.14. The van der Waals surface area contributed by atoms with Gasteiger partial charge in [-0.1, -0.05) is 12.1 Å². The molecule has 130 valence electrons. The van der Waals surface area contributed by atoms with Crippen molar-refractivity contribution in [3.63, 3.8) is 0 Å². The lowest BCUT2D eigenvalue weighted by Gasteiger charge is -2.13. The van der Waals surface area contributed by atoms with Gasteiger partial charge in [-0.3, -0.25) is 9.59 Å². The Labute approximate surface area is 149 Å². The maximum atomic E-state index is 12.0. The highest BCUT2D eigenvalue weighted by atomic mass is 32.1. The second-order valence-electron chi connectivity index (χ2n) is 5.09. The van der Waals surface area contributed by atoms with E-state index in [1.165, 1.54) is 36.5 Å². The molecule has 0 aliphatic carbocycles. The third kappa shape index (κ3) is 5.29. The standard InChI is InChI=1S/C18H18N2O4S/c1-3-10-19-16(21)12(2)24-18(23)13-6-8-14(9-7-13)20-17(22)15-5-4-11-25-15/h3-9,11-12H,1,10H2,2H3,(H,19,21)(H,20,22)/t12-/m0/s1. The maximum absolute atomic E-state index is 12.0. The average molecular weight is 358 g/mol. The fourth-order valence-electron chi connectivity index (χ4n) is 1.89. The molecule has 0 spiro atoms. The number of hydrogen-bond acceptors (Lipinski definition) is 5. The van der Waals surface area contributed by atoms with E-state index in [4.69, 9.17) is 4.74 Å². The summed E-state index contributed by atoms with van der Waals surface area (Å²) in [6.07, 6.45) is 0.626. The quantitative estimate of drug-likeness (QED) is 0.589. The van der Waals surface area contributed by atoms with Crippen LogP contribution in [0.4, 0.5) is 5.69 Å². The lowest BCUT2D eigenvalue weighted by molar-refractivity contribution is -0.128. The number of rotatable bonds is 7. The lowest BCUT2D eigenvalue weighted by atomic mass is 10.2. The first-order chi connectivity index (χ1) is 12.0. The molecule has 6 nitrogen and oxygen atoms in total. The van der Waals surface area contributed by atoms with Crippen molar-refractivity contribution in [1.29, 1.82) is 0 Å². The van der Waals surface area contributed by atoms with Crippen molar-refractivity contribution in [3.05, 3.63) is 64.9 Å². The highest BCUT2D eigenvalue weighted by Gasteiger charge is 2.18. The largest absolute Gasteiger partial charge is 0.449 e. The number of esters is 1. The van der Waals surface area contributed by atoms with Crippen LogP contribution in [0.3, 0.4) is 0 Å². The number of thiophene rings is 1. The maximum Gasteiger partial charge on any atom is 0.338 e. The summed E-state index contributed by atoms with van der Waals surface area (Å²) in [5.74, 6) is -1.22. The van der Waals surface area contributed by atoms with E-state index < -0.39 is 18.0 Å². The molecular formula is C18H18N2O4S. The zero-order chi connectivity index (χ0) is 18.2. The summed E-state index contributed by atoms with van der Waals surface area (Å²) in [7, 11) is 0. The fourth-order valence-corrected chi connectivity index (χ4v) is 2.51. The highest BCUT2D eigenvalue weighted by Crippen LogP contribution is 2.15. The summed E-state index contributed by atoms with van der Waals surface area (Å²) in [5.41, 5.74) is 0.851. The predicted octanol–water partition coefficient (Wildman–Crippen LogP) is 2.85. The zero-order valence-corrected chi connectivity index (χ0v) is 14.5. The van der Waals surface area contributed by atoms with Crippen LogP contribution in [0, 0.1) is 0 Å². The molecule has 0 fully saturated rings. The van der Waals surface area contributed by atoms with E-state index in [-0.39, 0.29) is 11.5 Å². The summed E-state index contributed by atoms with van der Waals surface area (Å²) in [6, 6.07) is 9.78. The summed E-state index contributed by atoms with van der Waals surface area (Å²) in [6.45, 7) is 5.29. The Morgan fingerprint density at radius 1 is 1.24 bits per heavy atom. The minimum absolute atomic E-state index is 0.210. The first-order valence-electron chi connectivity index (χ1n) is 7.55. The van der Waals surface area contributed by atoms with Gasteiger partial charge < -0.3 is 15.4 Å². The molecule has 2 rings (SSSR count). The molecule has 0 saturated heterocycles. The van der Waals surface area contributed by atoms with E-state index in [9.17, 15) is 14.4 Å². The lowest BCUT2D eigenvalue weighted by Crippen LogP contribution is -2.35. The number of hydrogen-bond donors (Lipinski definition) is 2. The third-order valence-electron chi connectivity index (χ3n) is 3.20. The van der Waals surface area contributed by atoms with Crippen LogP contribution in [0.15, 0.2) is 54.4 Å². The van der Waals surface area contributed by atoms with E-state index in [2.05, 4.69) is 17.2 Å². The molecule has 0 radical (unpaired) electrons. The molecule has 2 N–H and O–H groups in total. The second-order valence-corrected chi connectivity index (χ2v) is 6.04. The van der Waals surface area contributed by atoms with Crippen molar-refractivity contribution >= 4 is 34.8 Å². The Morgan fingerprint density at radius 3 is 2.56 bits per heavy atom. The van der Waals surface area contributed by atoms with Crippen molar-refractivity contribution in [1.82, 2.24) is 5.32 Å². The SMILES string of the molecule is C=CCNC(=O)[C@H](C)OC(=O)c1ccc(NC(=O)c2cccs2)cc1. The molecule has 2 aromatic rings. The van der Waals surface area contributed by atoms with Gasteiger partial charge in [0.25, 0.3) is 11.8 Å². The van der Waals surface area contributed by atoms with Crippen LogP contribution in [0.25, 0.3) is 0 Å². The van der Waals surface area contributed by atoms with E-state index in [0.717, 1.165) is 0 Å². The Morgan fingerprint density at radius 2 is 1.96 bits per heavy atom. The van der Waals surface area contributed by atoms with Gasteiger partial charge in [0.15, 0.2) is 6.10 Å². The number of carbonyl (C=O) groups is 3. The molecule has 0 aliphatic rings. The predicted molar refractivity (Wildman–Crippen MR) is 96.8 cm³/mol. The van der Waals surface area contributed by atoms with Gasteiger partial charge in [-0.15, -0.1) is 17.9 Å². The summed E-state index contributed by atoms with van der Waals surface area (Å²) in [5, 5.41) is 7.11. The van der Waals surface area contributed by atoms with E-state index in [1.807, 2.05) is 5.38 Å². The van der Waals surface area contributed by atoms with Gasteiger partial charge in [0, 0.05) is 12.2 Å². The first kappa shape index (κ1) is 18.4. The second kappa shape index (κ2) is 8.79. The molecule has 2 amide bonds. The van der Waals surface area contributed by atoms with Gasteiger partial charge in [0.1, 0.15) is 0 Å². The Balaban J connectivity index is 1.92. The van der Waals surface area contributed by atoms with Crippen molar-refractivity contribution < 1.29 is 19.1 Å². The molecule has 0 bridgehead atoms. The highest BCUT2D eigenvalue weighted by molar-refractivity contribution is 7.12. The van der Waals surface area contributed by atoms with Gasteiger partial charge >= 0.3 is 5.97 Å². The van der Waals surface area contributed by atoms with Crippen molar-refractivity contribution in [2.45, 2.75) is 13.0 Å². The number of benzene rings is 1. The minimum atomic E-state index is -0.911. The van der Waals surface area contributed by atoms with Crippen molar-refractivity contribution in [3.8, 4) is 0 Å². The monoisotopic (exact) mass is 358 g/mol. The molecule has 1 heterocycles. The summed E-state index contributed by atoms with van der Waals surface area (Å²) >= 11 is 1.34. The molecule has 1 atom stereocenters. The summed E-state index contributed by atoms with van der Waals surface area (Å²) < 4.78 is 5.10. The van der Waals surface area contributed by atoms with Crippen LogP contribution in [-0.2, 0) is 9.53 Å². The number of carbonyl (C=O) groups excluding carboxylic acids is 3. The Kier molecular flexibility index (Phi) is 6.47. The van der Waals surface area contributed by atoms with E-state index >= 15 is 0 Å². The third-order valence-corrected chi connectivity index (χ3v) is 4.07. The van der Waals surface area contributed by atoms with Gasteiger partial charge in [-0.25, -0.2) is 4.79 Å². The zero-order valence-electron chi connectivity index (χ0n) is 13.7. The van der Waals surface area contributed by atoms with Crippen LogP contribution < -0.4 is 10.6 Å². The molecule has 0 saturated carbocycles. The first-order valence-corrected chi connectivity index (χ1v) is 8.43. The van der Waals surface area contributed by atoms with Crippen LogP contribution in [0.5, 0.6) is 0 Å². The van der Waals surface area contributed by atoms with Crippen LogP contribution in [0.2, 0.25) is 0 Å².